The number of imidazole rings is 3. The molecule has 7 heterocycles. The quantitative estimate of drug-likeness (QED) is 0.0953. The fourth-order valence-electron chi connectivity index (χ4n) is 11.0. The van der Waals surface area contributed by atoms with Crippen LogP contribution in [0.4, 0.5) is 34.6 Å². The molecule has 4 aliphatic heterocycles. The number of benzene rings is 4. The first-order valence-corrected chi connectivity index (χ1v) is 23.0. The summed E-state index contributed by atoms with van der Waals surface area (Å²) in [5, 5.41) is 41.9. The second kappa shape index (κ2) is 16.3. The van der Waals surface area contributed by atoms with Crippen molar-refractivity contribution in [3.63, 3.8) is 0 Å². The van der Waals surface area contributed by atoms with Crippen LogP contribution in [0.2, 0.25) is 0 Å². The molecule has 3 aromatic heterocycles. The Morgan fingerprint density at radius 2 is 1.08 bits per heavy atom. The third-order valence-electron chi connectivity index (χ3n) is 13.9. The van der Waals surface area contributed by atoms with Crippen molar-refractivity contribution in [2.45, 2.75) is 90.4 Å². The highest BCUT2D eigenvalue weighted by Crippen LogP contribution is 2.47. The van der Waals surface area contributed by atoms with Crippen molar-refractivity contribution < 1.29 is 23.9 Å². The van der Waals surface area contributed by atoms with Crippen LogP contribution in [0.1, 0.15) is 60.8 Å². The summed E-state index contributed by atoms with van der Waals surface area (Å²) in [5.41, 5.74) is 12.6. The Kier molecular flexibility index (Phi) is 10.2. The lowest BCUT2D eigenvalue weighted by atomic mass is 9.90. The maximum atomic E-state index is 11.4. The summed E-state index contributed by atoms with van der Waals surface area (Å²) < 4.78 is 13.2. The summed E-state index contributed by atoms with van der Waals surface area (Å²) >= 11 is 0. The van der Waals surface area contributed by atoms with Crippen LogP contribution in [-0.4, -0.2) is 50.1 Å². The van der Waals surface area contributed by atoms with Crippen LogP contribution in [0, 0.1) is 0 Å². The molecule has 0 spiro atoms. The van der Waals surface area contributed by atoms with Gasteiger partial charge in [0.25, 0.3) is 0 Å². The van der Waals surface area contributed by atoms with E-state index in [1.165, 1.54) is 22.5 Å². The van der Waals surface area contributed by atoms with Gasteiger partial charge in [0.2, 0.25) is 6.33 Å². The molecule has 0 saturated carbocycles. The number of rotatable bonds is 12. The van der Waals surface area contributed by atoms with Gasteiger partial charge in [-0.3, -0.25) is 0 Å². The first-order valence-electron chi connectivity index (χ1n) is 23.0. The van der Waals surface area contributed by atoms with E-state index in [1.54, 1.807) is 0 Å². The number of hydrogen-bond donors (Lipinski definition) is 2. The Morgan fingerprint density at radius 1 is 0.587 bits per heavy atom. The minimum Gasteiger partial charge on any atom is -0.505 e. The fraction of sp³-hybridized carbons (Fsp3) is 0.408. The van der Waals surface area contributed by atoms with Gasteiger partial charge < -0.3 is 20.0 Å². The summed E-state index contributed by atoms with van der Waals surface area (Å²) in [6.45, 7) is 7.47. The second-order valence-electron chi connectivity index (χ2n) is 17.8. The number of anilines is 2. The average Bonchev–Trinajstić information content (AvgIpc) is 3.96. The number of azo groups is 2. The Labute approximate surface area is 367 Å². The first-order chi connectivity index (χ1) is 30.9. The molecule has 14 nitrogen and oxygen atoms in total. The third-order valence-corrected chi connectivity index (χ3v) is 13.9. The molecule has 0 saturated heterocycles. The number of nitrogens with zero attached hydrogens (tertiary/aromatic N) is 12. The van der Waals surface area contributed by atoms with Crippen LogP contribution in [0.15, 0.2) is 99.8 Å². The molecule has 0 unspecified atom stereocenters. The van der Waals surface area contributed by atoms with E-state index in [9.17, 15) is 10.2 Å². The first kappa shape index (κ1) is 39.3. The highest BCUT2D eigenvalue weighted by atomic mass is 16.3. The average molecular weight is 846 g/mol. The molecule has 0 amide bonds. The molecule has 63 heavy (non-hydrogen) atoms. The fourth-order valence-corrected chi connectivity index (χ4v) is 11.0. The van der Waals surface area contributed by atoms with E-state index in [1.807, 2.05) is 14.1 Å². The highest BCUT2D eigenvalue weighted by molar-refractivity contribution is 5.77. The van der Waals surface area contributed by atoms with Crippen molar-refractivity contribution in [2.24, 2.45) is 34.6 Å². The van der Waals surface area contributed by atoms with E-state index in [0.29, 0.717) is 11.4 Å². The van der Waals surface area contributed by atoms with Crippen LogP contribution in [0.25, 0.3) is 22.1 Å². The number of aromatic hydroxyl groups is 2. The lowest BCUT2D eigenvalue weighted by molar-refractivity contribution is -0.697. The van der Waals surface area contributed by atoms with E-state index in [-0.39, 0.29) is 11.5 Å². The zero-order valence-electron chi connectivity index (χ0n) is 36.5. The molecular formula is C49H57N12O2+3. The number of hydrogen-bond acceptors (Lipinski definition) is 8. The van der Waals surface area contributed by atoms with E-state index in [2.05, 4.69) is 117 Å². The van der Waals surface area contributed by atoms with Crippen molar-refractivity contribution in [2.75, 3.05) is 36.0 Å². The summed E-state index contributed by atoms with van der Waals surface area (Å²) in [7, 11) is 4.09. The molecule has 322 valence electrons. The van der Waals surface area contributed by atoms with Gasteiger partial charge in [0, 0.05) is 71.8 Å². The molecule has 0 fully saturated rings. The van der Waals surface area contributed by atoms with Gasteiger partial charge in [0.05, 0.1) is 40.3 Å². The van der Waals surface area contributed by atoms with Crippen LogP contribution >= 0.6 is 0 Å². The zero-order valence-corrected chi connectivity index (χ0v) is 36.5. The molecule has 11 rings (SSSR count). The Bertz CT molecular complexity index is 2760. The molecule has 4 aliphatic rings. The topological polar surface area (TPSA) is 123 Å². The largest absolute Gasteiger partial charge is 0.505 e. The number of para-hydroxylation sites is 4. The predicted molar refractivity (Wildman–Crippen MR) is 242 cm³/mol. The van der Waals surface area contributed by atoms with Gasteiger partial charge >= 0.3 is 11.9 Å². The van der Waals surface area contributed by atoms with E-state index < -0.39 is 0 Å². The normalized spacial score (nSPS) is 16.0. The maximum absolute atomic E-state index is 11.4. The molecular weight excluding hydrogens is 789 g/mol. The van der Waals surface area contributed by atoms with Crippen molar-refractivity contribution in [3.05, 3.63) is 102 Å². The molecule has 0 atom stereocenters. The van der Waals surface area contributed by atoms with Crippen molar-refractivity contribution >= 4 is 56.7 Å². The van der Waals surface area contributed by atoms with Gasteiger partial charge in [-0.05, 0) is 98.9 Å². The monoisotopic (exact) mass is 845 g/mol. The Hall–Kier alpha value is -6.57. The second-order valence-corrected chi connectivity index (χ2v) is 17.8. The lowest BCUT2D eigenvalue weighted by Crippen LogP contribution is -2.34. The number of phenolic OH excluding ortho intramolecular Hbond substituents is 2. The minimum atomic E-state index is 0.277. The van der Waals surface area contributed by atoms with Gasteiger partial charge in [0.15, 0.2) is 0 Å². The van der Waals surface area contributed by atoms with Crippen LogP contribution < -0.4 is 23.5 Å². The third kappa shape index (κ3) is 6.99. The molecule has 2 N–H and O–H groups in total. The van der Waals surface area contributed by atoms with E-state index >= 15 is 0 Å². The van der Waals surface area contributed by atoms with Crippen molar-refractivity contribution in [3.8, 4) is 11.5 Å². The Morgan fingerprint density at radius 3 is 1.62 bits per heavy atom. The predicted octanol–water partition coefficient (Wildman–Crippen LogP) is 8.15. The van der Waals surface area contributed by atoms with Gasteiger partial charge in [-0.25, -0.2) is 27.4 Å². The molecule has 14 heteroatoms. The summed E-state index contributed by atoms with van der Waals surface area (Å²) in [5.74, 6) is 2.08. The Balaban J connectivity index is 0.778. The standard InChI is InChI=1S/C49H55N12O2/c1-54-40-17-3-5-19-42(40)60(48(54)52-50-38-31-34-13-7-23-58-25-9-15-36(44(34)58)46(38)62)27-11-21-56-29-30-57(33-56)22-12-28-61-43-20-6-4-18-41(43)55(2)49(61)53-51-39-32-35-14-8-24-59-26-10-16-37(45(35)59)47(39)63/h3-6,17-20,29-33H,7-16,21-28H2,1-2H3/q+1/p+2. The van der Waals surface area contributed by atoms with Crippen LogP contribution in [0.5, 0.6) is 11.5 Å². The van der Waals surface area contributed by atoms with Gasteiger partial charge in [-0.15, -0.1) is 0 Å². The molecule has 0 aliphatic carbocycles. The number of fused-ring (bicyclic) bond motifs is 2. The number of phenols is 2. The smallest absolute Gasteiger partial charge is 0.422 e. The van der Waals surface area contributed by atoms with Gasteiger partial charge in [0.1, 0.15) is 57.3 Å². The highest BCUT2D eigenvalue weighted by Gasteiger charge is 2.31. The van der Waals surface area contributed by atoms with E-state index in [0.717, 1.165) is 162 Å². The van der Waals surface area contributed by atoms with Crippen LogP contribution in [0.3, 0.4) is 0 Å². The summed E-state index contributed by atoms with van der Waals surface area (Å²) in [6.07, 6.45) is 16.4. The minimum absolute atomic E-state index is 0.277. The van der Waals surface area contributed by atoms with Gasteiger partial charge in [-0.2, -0.15) is 0 Å². The summed E-state index contributed by atoms with van der Waals surface area (Å²) in [4.78, 5) is 4.87. The summed E-state index contributed by atoms with van der Waals surface area (Å²) in [6, 6.07) is 20.9. The maximum Gasteiger partial charge on any atom is 0.422 e. The molecule has 7 aromatic rings. The molecule has 0 radical (unpaired) electrons. The molecule has 0 bridgehead atoms. The molecule has 4 aromatic carbocycles. The lowest BCUT2D eigenvalue weighted by Gasteiger charge is -2.37. The van der Waals surface area contributed by atoms with Crippen molar-refractivity contribution in [1.29, 1.82) is 0 Å². The van der Waals surface area contributed by atoms with Crippen molar-refractivity contribution in [1.82, 2.24) is 13.7 Å². The number of aromatic nitrogens is 6. The van der Waals surface area contributed by atoms with Gasteiger partial charge in [-0.1, -0.05) is 34.5 Å². The van der Waals surface area contributed by atoms with Crippen LogP contribution in [-0.2, 0) is 66.0 Å². The van der Waals surface area contributed by atoms with E-state index in [4.69, 9.17) is 20.5 Å². The SMILES string of the molecule is C[n+]1c(N=Nc2cc3c4c(c2O)CCCN4CCC3)n(CCCn2cc[n+](CCCn3c(N=Nc4cc5c6c(c4O)CCCN6CCC5)[n+](C)c4ccccc43)c2)c2ccccc21. The number of aryl methyl sites for hydroxylation is 8. The zero-order chi connectivity index (χ0) is 42.6.